The first-order valence-electron chi connectivity index (χ1n) is 9.13. The van der Waals surface area contributed by atoms with Crippen LogP contribution in [0.4, 0.5) is 4.39 Å². The largest absolute Gasteiger partial charge is 0.496 e. The van der Waals surface area contributed by atoms with Gasteiger partial charge in [0.2, 0.25) is 5.91 Å². The van der Waals surface area contributed by atoms with Crippen molar-refractivity contribution in [1.29, 1.82) is 0 Å². The van der Waals surface area contributed by atoms with E-state index in [0.29, 0.717) is 30.2 Å². The maximum Gasteiger partial charge on any atom is 0.224 e. The van der Waals surface area contributed by atoms with Gasteiger partial charge in [0.15, 0.2) is 0 Å². The van der Waals surface area contributed by atoms with Crippen molar-refractivity contribution in [3.8, 4) is 5.75 Å². The van der Waals surface area contributed by atoms with Crippen LogP contribution < -0.4 is 10.1 Å². The molecule has 2 aromatic carbocycles. The summed E-state index contributed by atoms with van der Waals surface area (Å²) >= 11 is 6.14. The van der Waals surface area contributed by atoms with Gasteiger partial charge in [0, 0.05) is 35.8 Å². The highest BCUT2D eigenvalue weighted by atomic mass is 35.5. The van der Waals surface area contributed by atoms with E-state index >= 15 is 0 Å². The van der Waals surface area contributed by atoms with Crippen LogP contribution in [0.25, 0.3) is 0 Å². The van der Waals surface area contributed by atoms with Crippen LogP contribution in [0.3, 0.4) is 0 Å². The molecule has 1 heterocycles. The molecule has 0 saturated carbocycles. The van der Waals surface area contributed by atoms with Crippen LogP contribution in [0.1, 0.15) is 24.0 Å². The van der Waals surface area contributed by atoms with E-state index in [1.54, 1.807) is 19.2 Å². The summed E-state index contributed by atoms with van der Waals surface area (Å²) in [4.78, 5) is 14.7. The molecule has 1 fully saturated rings. The molecule has 0 radical (unpaired) electrons. The summed E-state index contributed by atoms with van der Waals surface area (Å²) in [5.41, 5.74) is 1.44. The van der Waals surface area contributed by atoms with E-state index in [0.717, 1.165) is 30.7 Å². The van der Waals surface area contributed by atoms with E-state index in [1.807, 2.05) is 24.3 Å². The van der Waals surface area contributed by atoms with Crippen LogP contribution in [0, 0.1) is 11.7 Å². The summed E-state index contributed by atoms with van der Waals surface area (Å²) in [7, 11) is 1.62. The fraction of sp³-hybridized carbons (Fsp3) is 0.381. The zero-order chi connectivity index (χ0) is 19.2. The molecule has 1 atom stereocenters. The zero-order valence-corrected chi connectivity index (χ0v) is 16.1. The summed E-state index contributed by atoms with van der Waals surface area (Å²) in [5.74, 6) is 0.367. The van der Waals surface area contributed by atoms with Gasteiger partial charge in [0.05, 0.1) is 13.0 Å². The number of nitrogens with one attached hydrogen (secondary N) is 1. The number of carbonyl (C=O) groups excluding carboxylic acids is 1. The van der Waals surface area contributed by atoms with Crippen molar-refractivity contribution in [1.82, 2.24) is 10.2 Å². The van der Waals surface area contributed by atoms with Gasteiger partial charge >= 0.3 is 0 Å². The molecule has 0 aliphatic carbocycles. The Morgan fingerprint density at radius 3 is 2.89 bits per heavy atom. The molecule has 1 N–H and O–H groups in total. The molecule has 2 aromatic rings. The topological polar surface area (TPSA) is 41.6 Å². The standard InChI is InChI=1S/C21H24ClFN2O2/c1-27-20-10-3-2-6-15(20)12-24-21(26)16-7-5-11-25(13-16)14-17-18(22)8-4-9-19(17)23/h2-4,6,8-10,16H,5,7,11-14H2,1H3,(H,24,26). The Labute approximate surface area is 164 Å². The van der Waals surface area contributed by atoms with Crippen LogP contribution in [0.15, 0.2) is 42.5 Å². The molecule has 0 aromatic heterocycles. The third kappa shape index (κ3) is 4.99. The molecule has 27 heavy (non-hydrogen) atoms. The number of rotatable bonds is 6. The predicted molar refractivity (Wildman–Crippen MR) is 104 cm³/mol. The fourth-order valence-electron chi connectivity index (χ4n) is 3.50. The minimum absolute atomic E-state index is 0.0187. The first kappa shape index (κ1) is 19.6. The van der Waals surface area contributed by atoms with Gasteiger partial charge in [-0.15, -0.1) is 0 Å². The molecule has 144 valence electrons. The van der Waals surface area contributed by atoms with Crippen molar-refractivity contribution in [3.05, 3.63) is 64.4 Å². The average Bonchev–Trinajstić information content (AvgIpc) is 2.69. The second-order valence-electron chi connectivity index (χ2n) is 6.80. The molecular weight excluding hydrogens is 367 g/mol. The van der Waals surface area contributed by atoms with Gasteiger partial charge in [0.25, 0.3) is 0 Å². The summed E-state index contributed by atoms with van der Waals surface area (Å²) < 4.78 is 19.4. The predicted octanol–water partition coefficient (Wildman–Crippen LogP) is 4.02. The fourth-order valence-corrected chi connectivity index (χ4v) is 3.72. The van der Waals surface area contributed by atoms with E-state index in [-0.39, 0.29) is 17.6 Å². The lowest BCUT2D eigenvalue weighted by Crippen LogP contribution is -2.42. The second-order valence-corrected chi connectivity index (χ2v) is 7.21. The van der Waals surface area contributed by atoms with Gasteiger partial charge in [-0.1, -0.05) is 35.9 Å². The summed E-state index contributed by atoms with van der Waals surface area (Å²) in [6, 6.07) is 12.4. The van der Waals surface area contributed by atoms with E-state index < -0.39 is 0 Å². The highest BCUT2D eigenvalue weighted by molar-refractivity contribution is 6.31. The third-order valence-corrected chi connectivity index (χ3v) is 5.32. The molecular formula is C21H24ClFN2O2. The Hall–Kier alpha value is -2.11. The number of benzene rings is 2. The molecule has 4 nitrogen and oxygen atoms in total. The van der Waals surface area contributed by atoms with Crippen LogP contribution in [-0.2, 0) is 17.9 Å². The Morgan fingerprint density at radius 1 is 1.30 bits per heavy atom. The molecule has 3 rings (SSSR count). The monoisotopic (exact) mass is 390 g/mol. The number of hydrogen-bond donors (Lipinski definition) is 1. The Bertz CT molecular complexity index is 779. The number of carbonyl (C=O) groups is 1. The second kappa shape index (κ2) is 9.20. The van der Waals surface area contributed by atoms with Gasteiger partial charge in [-0.2, -0.15) is 0 Å². The van der Waals surface area contributed by atoms with Crippen molar-refractivity contribution < 1.29 is 13.9 Å². The van der Waals surface area contributed by atoms with Crippen LogP contribution in [-0.4, -0.2) is 31.0 Å². The molecule has 1 aliphatic heterocycles. The molecule has 0 bridgehead atoms. The Balaban J connectivity index is 1.58. The van der Waals surface area contributed by atoms with Crippen LogP contribution in [0.2, 0.25) is 5.02 Å². The molecule has 0 spiro atoms. The molecule has 1 aliphatic rings. The minimum atomic E-state index is -0.301. The highest BCUT2D eigenvalue weighted by Crippen LogP contribution is 2.24. The number of nitrogens with zero attached hydrogens (tertiary/aromatic N) is 1. The van der Waals surface area contributed by atoms with Gasteiger partial charge in [-0.3, -0.25) is 9.69 Å². The van der Waals surface area contributed by atoms with Crippen molar-refractivity contribution in [3.63, 3.8) is 0 Å². The molecule has 1 saturated heterocycles. The van der Waals surface area contributed by atoms with Gasteiger partial charge < -0.3 is 10.1 Å². The quantitative estimate of drug-likeness (QED) is 0.810. The van der Waals surface area contributed by atoms with E-state index in [4.69, 9.17) is 16.3 Å². The number of hydrogen-bond acceptors (Lipinski definition) is 3. The smallest absolute Gasteiger partial charge is 0.224 e. The van der Waals surface area contributed by atoms with Crippen LogP contribution in [0.5, 0.6) is 5.75 Å². The van der Waals surface area contributed by atoms with Crippen molar-refractivity contribution in [2.24, 2.45) is 5.92 Å². The van der Waals surface area contributed by atoms with E-state index in [9.17, 15) is 9.18 Å². The van der Waals surface area contributed by atoms with Crippen molar-refractivity contribution in [2.45, 2.75) is 25.9 Å². The SMILES string of the molecule is COc1ccccc1CNC(=O)C1CCCN(Cc2c(F)cccc2Cl)C1. The zero-order valence-electron chi connectivity index (χ0n) is 15.4. The first-order chi connectivity index (χ1) is 13.1. The van der Waals surface area contributed by atoms with Crippen molar-refractivity contribution in [2.75, 3.05) is 20.2 Å². The third-order valence-electron chi connectivity index (χ3n) is 4.97. The Kier molecular flexibility index (Phi) is 6.69. The van der Waals surface area contributed by atoms with E-state index in [2.05, 4.69) is 10.2 Å². The normalized spacial score (nSPS) is 17.5. The number of piperidine rings is 1. The summed E-state index contributed by atoms with van der Waals surface area (Å²) in [5, 5.41) is 3.43. The number of halogens is 2. The van der Waals surface area contributed by atoms with Crippen LogP contribution >= 0.6 is 11.6 Å². The van der Waals surface area contributed by atoms with E-state index in [1.165, 1.54) is 6.07 Å². The number of methoxy groups -OCH3 is 1. The number of ether oxygens (including phenoxy) is 1. The number of para-hydroxylation sites is 1. The summed E-state index contributed by atoms with van der Waals surface area (Å²) in [6.07, 6.45) is 1.73. The Morgan fingerprint density at radius 2 is 2.11 bits per heavy atom. The van der Waals surface area contributed by atoms with Gasteiger partial charge in [-0.25, -0.2) is 4.39 Å². The lowest BCUT2D eigenvalue weighted by Gasteiger charge is -2.32. The highest BCUT2D eigenvalue weighted by Gasteiger charge is 2.26. The number of likely N-dealkylation sites (tertiary alicyclic amines) is 1. The lowest BCUT2D eigenvalue weighted by molar-refractivity contribution is -0.126. The average molecular weight is 391 g/mol. The number of amides is 1. The summed E-state index contributed by atoms with van der Waals surface area (Å²) in [6.45, 7) is 2.28. The molecule has 6 heteroatoms. The molecule has 1 amide bonds. The van der Waals surface area contributed by atoms with Gasteiger partial charge in [-0.05, 0) is 37.6 Å². The van der Waals surface area contributed by atoms with Crippen molar-refractivity contribution >= 4 is 17.5 Å². The minimum Gasteiger partial charge on any atom is -0.496 e. The molecule has 1 unspecified atom stereocenters. The maximum atomic E-state index is 14.0. The maximum absolute atomic E-state index is 14.0. The van der Waals surface area contributed by atoms with Gasteiger partial charge in [0.1, 0.15) is 11.6 Å². The lowest BCUT2D eigenvalue weighted by atomic mass is 9.96. The first-order valence-corrected chi connectivity index (χ1v) is 9.51.